The molecule has 1 aromatic heterocycles. The van der Waals surface area contributed by atoms with Crippen LogP contribution in [0.3, 0.4) is 0 Å². The molecule has 2 aromatic rings. The monoisotopic (exact) mass is 314 g/mol. The molecule has 1 aromatic carbocycles. The van der Waals surface area contributed by atoms with E-state index in [1.54, 1.807) is 7.05 Å². The Morgan fingerprint density at radius 1 is 1.35 bits per heavy atom. The van der Waals surface area contributed by atoms with E-state index in [0.29, 0.717) is 16.3 Å². The van der Waals surface area contributed by atoms with Gasteiger partial charge < -0.3 is 5.11 Å². The highest BCUT2D eigenvalue weighted by Crippen LogP contribution is 2.30. The van der Waals surface area contributed by atoms with Crippen molar-refractivity contribution in [3.63, 3.8) is 0 Å². The molecular formula is C12H11ClN2O4S. The van der Waals surface area contributed by atoms with Crippen molar-refractivity contribution in [2.45, 2.75) is 4.90 Å². The zero-order valence-corrected chi connectivity index (χ0v) is 12.2. The minimum Gasteiger partial charge on any atom is -0.476 e. The molecule has 0 aliphatic rings. The van der Waals surface area contributed by atoms with Gasteiger partial charge in [-0.05, 0) is 24.3 Å². The maximum atomic E-state index is 11.6. The molecule has 0 fully saturated rings. The Morgan fingerprint density at radius 2 is 2.00 bits per heavy atom. The molecule has 8 heteroatoms. The molecular weight excluding hydrogens is 304 g/mol. The van der Waals surface area contributed by atoms with E-state index in [1.807, 2.05) is 0 Å². The Kier molecular flexibility index (Phi) is 3.58. The van der Waals surface area contributed by atoms with Gasteiger partial charge in [-0.15, -0.1) is 0 Å². The van der Waals surface area contributed by atoms with Gasteiger partial charge in [-0.1, -0.05) is 11.6 Å². The lowest BCUT2D eigenvalue weighted by Crippen LogP contribution is -2.00. The van der Waals surface area contributed by atoms with E-state index in [-0.39, 0.29) is 10.6 Å². The number of rotatable bonds is 3. The fraction of sp³-hybridized carbons (Fsp3) is 0.167. The van der Waals surface area contributed by atoms with Crippen LogP contribution >= 0.6 is 11.6 Å². The second kappa shape index (κ2) is 4.92. The average molecular weight is 315 g/mol. The Hall–Kier alpha value is -1.86. The van der Waals surface area contributed by atoms with Crippen molar-refractivity contribution in [1.82, 2.24) is 9.78 Å². The third-order valence-electron chi connectivity index (χ3n) is 2.74. The van der Waals surface area contributed by atoms with E-state index in [0.717, 1.165) is 6.26 Å². The van der Waals surface area contributed by atoms with Crippen molar-refractivity contribution in [1.29, 1.82) is 0 Å². The molecule has 0 aliphatic carbocycles. The Bertz CT molecular complexity index is 796. The van der Waals surface area contributed by atoms with Crippen molar-refractivity contribution in [3.8, 4) is 11.3 Å². The number of sulfone groups is 1. The lowest BCUT2D eigenvalue weighted by molar-refractivity contribution is 0.0689. The maximum absolute atomic E-state index is 11.6. The highest BCUT2D eigenvalue weighted by molar-refractivity contribution is 7.90. The van der Waals surface area contributed by atoms with Gasteiger partial charge in [0, 0.05) is 18.9 Å². The fourth-order valence-corrected chi connectivity index (χ4v) is 2.62. The van der Waals surface area contributed by atoms with E-state index in [1.165, 1.54) is 28.9 Å². The molecule has 0 radical (unpaired) electrons. The minimum atomic E-state index is -3.38. The summed E-state index contributed by atoms with van der Waals surface area (Å²) >= 11 is 6.06. The van der Waals surface area contributed by atoms with Crippen LogP contribution in [0.5, 0.6) is 0 Å². The summed E-state index contributed by atoms with van der Waals surface area (Å²) in [6.45, 7) is 0. The summed E-state index contributed by atoms with van der Waals surface area (Å²) in [6.07, 6.45) is 1.09. The van der Waals surface area contributed by atoms with E-state index in [2.05, 4.69) is 5.10 Å². The zero-order valence-electron chi connectivity index (χ0n) is 10.7. The summed E-state index contributed by atoms with van der Waals surface area (Å²) in [5.41, 5.74) is 0.707. The molecule has 0 amide bonds. The van der Waals surface area contributed by atoms with Gasteiger partial charge in [0.1, 0.15) is 0 Å². The number of aromatic nitrogens is 2. The van der Waals surface area contributed by atoms with E-state index in [9.17, 15) is 13.2 Å². The van der Waals surface area contributed by atoms with Gasteiger partial charge in [0.2, 0.25) is 0 Å². The zero-order chi connectivity index (χ0) is 15.1. The lowest BCUT2D eigenvalue weighted by Gasteiger charge is -2.07. The summed E-state index contributed by atoms with van der Waals surface area (Å²) in [4.78, 5) is 11.0. The minimum absolute atomic E-state index is 0.106. The molecule has 0 spiro atoms. The second-order valence-corrected chi connectivity index (χ2v) is 6.68. The van der Waals surface area contributed by atoms with Gasteiger partial charge in [-0.2, -0.15) is 5.10 Å². The number of nitrogens with zero attached hydrogens (tertiary/aromatic N) is 2. The number of hydrogen-bond donors (Lipinski definition) is 1. The first-order valence-corrected chi connectivity index (χ1v) is 7.74. The summed E-state index contributed by atoms with van der Waals surface area (Å²) < 4.78 is 24.5. The summed E-state index contributed by atoms with van der Waals surface area (Å²) in [5, 5.41) is 13.1. The fourth-order valence-electron chi connectivity index (χ4n) is 1.76. The van der Waals surface area contributed by atoms with Crippen LogP contribution in [0.1, 0.15) is 10.5 Å². The standard InChI is InChI=1S/C12H11ClN2O4S/c1-15-11(6-10(14-15)12(16)17)8-5-7(20(2,18)19)3-4-9(8)13/h3-6H,1-2H3,(H,16,17). The van der Waals surface area contributed by atoms with Crippen molar-refractivity contribution >= 4 is 27.4 Å². The lowest BCUT2D eigenvalue weighted by atomic mass is 10.1. The molecule has 0 atom stereocenters. The molecule has 2 rings (SSSR count). The van der Waals surface area contributed by atoms with Gasteiger partial charge in [0.25, 0.3) is 0 Å². The third kappa shape index (κ3) is 2.68. The van der Waals surface area contributed by atoms with Gasteiger partial charge in [-0.3, -0.25) is 4.68 Å². The van der Waals surface area contributed by atoms with Gasteiger partial charge in [0.15, 0.2) is 15.5 Å². The van der Waals surface area contributed by atoms with Crippen molar-refractivity contribution in [2.75, 3.05) is 6.26 Å². The van der Waals surface area contributed by atoms with E-state index in [4.69, 9.17) is 16.7 Å². The number of carbonyl (C=O) groups is 1. The van der Waals surface area contributed by atoms with Crippen LogP contribution in [-0.4, -0.2) is 35.5 Å². The predicted molar refractivity (Wildman–Crippen MR) is 73.7 cm³/mol. The van der Waals surface area contributed by atoms with Gasteiger partial charge in [-0.25, -0.2) is 13.2 Å². The first-order valence-electron chi connectivity index (χ1n) is 5.47. The molecule has 0 saturated heterocycles. The normalized spacial score (nSPS) is 11.6. The molecule has 1 heterocycles. The average Bonchev–Trinajstić information content (AvgIpc) is 2.70. The molecule has 20 heavy (non-hydrogen) atoms. The first-order chi connectivity index (χ1) is 9.20. The molecule has 0 aliphatic heterocycles. The van der Waals surface area contributed by atoms with Crippen molar-refractivity contribution in [3.05, 3.63) is 35.0 Å². The highest BCUT2D eigenvalue weighted by atomic mass is 35.5. The molecule has 106 valence electrons. The molecule has 6 nitrogen and oxygen atoms in total. The Balaban J connectivity index is 2.66. The van der Waals surface area contributed by atoms with Crippen LogP contribution in [-0.2, 0) is 16.9 Å². The van der Waals surface area contributed by atoms with Gasteiger partial charge in [0.05, 0.1) is 15.6 Å². The number of benzene rings is 1. The van der Waals surface area contributed by atoms with Crippen LogP contribution in [0, 0.1) is 0 Å². The number of carboxylic acid groups (broad SMARTS) is 1. The molecule has 0 bridgehead atoms. The Labute approximate surface area is 120 Å². The molecule has 0 unspecified atom stereocenters. The van der Waals surface area contributed by atoms with Crippen LogP contribution in [0.15, 0.2) is 29.2 Å². The number of carboxylic acids is 1. The largest absolute Gasteiger partial charge is 0.476 e. The number of aromatic carboxylic acids is 1. The Morgan fingerprint density at radius 3 is 2.50 bits per heavy atom. The van der Waals surface area contributed by atoms with Crippen LogP contribution < -0.4 is 0 Å². The van der Waals surface area contributed by atoms with Crippen LogP contribution in [0.25, 0.3) is 11.3 Å². The van der Waals surface area contributed by atoms with E-state index < -0.39 is 15.8 Å². The third-order valence-corrected chi connectivity index (χ3v) is 4.18. The summed E-state index contributed by atoms with van der Waals surface area (Å²) in [5.74, 6) is -1.16. The second-order valence-electron chi connectivity index (χ2n) is 4.26. The molecule has 0 saturated carbocycles. The topological polar surface area (TPSA) is 89.3 Å². The van der Waals surface area contributed by atoms with Gasteiger partial charge >= 0.3 is 5.97 Å². The van der Waals surface area contributed by atoms with Crippen LogP contribution in [0.2, 0.25) is 5.02 Å². The molecule has 1 N–H and O–H groups in total. The maximum Gasteiger partial charge on any atom is 0.356 e. The summed E-state index contributed by atoms with van der Waals surface area (Å²) in [6, 6.07) is 5.60. The SMILES string of the molecule is Cn1nc(C(=O)O)cc1-c1cc(S(C)(=O)=O)ccc1Cl. The van der Waals surface area contributed by atoms with E-state index >= 15 is 0 Å². The summed E-state index contributed by atoms with van der Waals surface area (Å²) in [7, 11) is -1.82. The van der Waals surface area contributed by atoms with Crippen molar-refractivity contribution < 1.29 is 18.3 Å². The predicted octanol–water partition coefficient (Wildman–Crippen LogP) is 1.84. The number of aryl methyl sites for hydroxylation is 1. The van der Waals surface area contributed by atoms with Crippen LogP contribution in [0.4, 0.5) is 0 Å². The number of halogens is 1. The highest BCUT2D eigenvalue weighted by Gasteiger charge is 2.17. The van der Waals surface area contributed by atoms with Crippen molar-refractivity contribution in [2.24, 2.45) is 7.05 Å². The smallest absolute Gasteiger partial charge is 0.356 e. The number of hydrogen-bond acceptors (Lipinski definition) is 4. The quantitative estimate of drug-likeness (QED) is 0.933. The first kappa shape index (κ1) is 14.5.